The summed E-state index contributed by atoms with van der Waals surface area (Å²) in [5, 5.41) is 3.95. The minimum Gasteiger partial charge on any atom is -0.342 e. The zero-order valence-electron chi connectivity index (χ0n) is 11.1. The van der Waals surface area contributed by atoms with Crippen molar-refractivity contribution >= 4 is 28.6 Å². The van der Waals surface area contributed by atoms with Gasteiger partial charge in [-0.25, -0.2) is 4.98 Å². The topological polar surface area (TPSA) is 84.7 Å². The molecule has 1 atom stereocenters. The molecule has 6 nitrogen and oxygen atoms in total. The monoisotopic (exact) mass is 300 g/mol. The van der Waals surface area contributed by atoms with E-state index in [-0.39, 0.29) is 11.7 Å². The zero-order chi connectivity index (χ0) is 14.2. The van der Waals surface area contributed by atoms with Crippen LogP contribution in [-0.4, -0.2) is 37.4 Å². The van der Waals surface area contributed by atoms with Gasteiger partial charge in [0, 0.05) is 5.75 Å². The van der Waals surface area contributed by atoms with Crippen LogP contribution in [0.3, 0.4) is 0 Å². The number of para-hydroxylation sites is 2. The SMILES string of the molecule is O=C1CSCC1c1nc(Cc2nc3ccccc3[nH]2)no1. The van der Waals surface area contributed by atoms with Crippen LogP contribution in [0, 0.1) is 0 Å². The standard InChI is InChI=1S/C14H12N4O2S/c19-11-7-21-6-8(11)14-17-13(18-20-14)5-12-15-9-3-1-2-4-10(9)16-12/h1-4,8H,5-7H2,(H,15,16). The lowest BCUT2D eigenvalue weighted by Gasteiger charge is -1.97. The van der Waals surface area contributed by atoms with E-state index in [4.69, 9.17) is 4.52 Å². The smallest absolute Gasteiger partial charge is 0.238 e. The number of carbonyl (C=O) groups is 1. The van der Waals surface area contributed by atoms with E-state index in [1.165, 1.54) is 0 Å². The van der Waals surface area contributed by atoms with Crippen LogP contribution in [0.25, 0.3) is 11.0 Å². The summed E-state index contributed by atoms with van der Waals surface area (Å²) >= 11 is 1.61. The van der Waals surface area contributed by atoms with Crippen LogP contribution in [-0.2, 0) is 11.2 Å². The number of imidazole rings is 1. The molecule has 1 aliphatic rings. The van der Waals surface area contributed by atoms with Crippen molar-refractivity contribution in [3.63, 3.8) is 0 Å². The molecule has 106 valence electrons. The second kappa shape index (κ2) is 5.00. The van der Waals surface area contributed by atoms with E-state index in [2.05, 4.69) is 20.1 Å². The maximum atomic E-state index is 11.7. The number of rotatable bonds is 3. The average Bonchev–Trinajstić information content (AvgIpc) is 3.17. The number of carbonyl (C=O) groups excluding carboxylic acids is 1. The highest BCUT2D eigenvalue weighted by molar-refractivity contribution is 8.00. The number of H-pyrrole nitrogens is 1. The fourth-order valence-electron chi connectivity index (χ4n) is 2.40. The van der Waals surface area contributed by atoms with E-state index < -0.39 is 0 Å². The molecule has 1 fully saturated rings. The van der Waals surface area contributed by atoms with Crippen LogP contribution in [0.2, 0.25) is 0 Å². The fraction of sp³-hybridized carbons (Fsp3) is 0.286. The number of ketones is 1. The van der Waals surface area contributed by atoms with E-state index in [0.29, 0.717) is 23.9 Å². The first-order chi connectivity index (χ1) is 10.3. The van der Waals surface area contributed by atoms with Gasteiger partial charge in [0.05, 0.1) is 23.2 Å². The minimum atomic E-state index is -0.244. The lowest BCUT2D eigenvalue weighted by molar-refractivity contribution is -0.117. The first kappa shape index (κ1) is 12.6. The van der Waals surface area contributed by atoms with Crippen LogP contribution in [0.15, 0.2) is 28.8 Å². The Morgan fingerprint density at radius 2 is 2.24 bits per heavy atom. The molecule has 3 aromatic rings. The molecule has 0 amide bonds. The molecule has 4 rings (SSSR count). The predicted octanol–water partition coefficient (Wildman–Crippen LogP) is 1.94. The highest BCUT2D eigenvalue weighted by Crippen LogP contribution is 2.28. The van der Waals surface area contributed by atoms with Crippen LogP contribution < -0.4 is 0 Å². The molecule has 1 aliphatic heterocycles. The molecule has 1 N–H and O–H groups in total. The lowest BCUT2D eigenvalue weighted by Crippen LogP contribution is -2.09. The van der Waals surface area contributed by atoms with Gasteiger partial charge in [0.1, 0.15) is 11.7 Å². The molecule has 21 heavy (non-hydrogen) atoms. The number of benzene rings is 1. The first-order valence-corrected chi connectivity index (χ1v) is 7.81. The summed E-state index contributed by atoms with van der Waals surface area (Å²) in [5.41, 5.74) is 1.90. The van der Waals surface area contributed by atoms with Gasteiger partial charge in [-0.3, -0.25) is 4.79 Å². The molecule has 0 bridgehead atoms. The first-order valence-electron chi connectivity index (χ1n) is 6.66. The molecule has 0 saturated carbocycles. The number of thioether (sulfide) groups is 1. The number of Topliss-reactive ketones (excluding diaryl/α,β-unsaturated/α-hetero) is 1. The molecule has 1 saturated heterocycles. The van der Waals surface area contributed by atoms with Crippen molar-refractivity contribution in [3.8, 4) is 0 Å². The van der Waals surface area contributed by atoms with Crippen molar-refractivity contribution in [2.75, 3.05) is 11.5 Å². The Balaban J connectivity index is 1.57. The molecular formula is C14H12N4O2S. The molecule has 7 heteroatoms. The highest BCUT2D eigenvalue weighted by Gasteiger charge is 2.31. The number of aromatic amines is 1. The summed E-state index contributed by atoms with van der Waals surface area (Å²) in [6.07, 6.45) is 0.465. The maximum absolute atomic E-state index is 11.7. The van der Waals surface area contributed by atoms with Crippen molar-refractivity contribution in [3.05, 3.63) is 41.8 Å². The van der Waals surface area contributed by atoms with Gasteiger partial charge in [-0.1, -0.05) is 17.3 Å². The lowest BCUT2D eigenvalue weighted by atomic mass is 10.1. The zero-order valence-corrected chi connectivity index (χ0v) is 11.9. The molecule has 0 spiro atoms. The van der Waals surface area contributed by atoms with E-state index >= 15 is 0 Å². The summed E-state index contributed by atoms with van der Waals surface area (Å²) in [6.45, 7) is 0. The Morgan fingerprint density at radius 1 is 1.33 bits per heavy atom. The van der Waals surface area contributed by atoms with Gasteiger partial charge in [0.25, 0.3) is 0 Å². The predicted molar refractivity (Wildman–Crippen MR) is 78.3 cm³/mol. The van der Waals surface area contributed by atoms with Crippen molar-refractivity contribution in [1.29, 1.82) is 0 Å². The summed E-state index contributed by atoms with van der Waals surface area (Å²) in [5.74, 6) is 2.95. The third-order valence-electron chi connectivity index (χ3n) is 3.46. The third-order valence-corrected chi connectivity index (χ3v) is 4.52. The van der Waals surface area contributed by atoms with Crippen molar-refractivity contribution < 1.29 is 9.32 Å². The van der Waals surface area contributed by atoms with Gasteiger partial charge >= 0.3 is 0 Å². The largest absolute Gasteiger partial charge is 0.342 e. The molecule has 1 unspecified atom stereocenters. The second-order valence-electron chi connectivity index (χ2n) is 4.96. The fourth-order valence-corrected chi connectivity index (χ4v) is 3.48. The van der Waals surface area contributed by atoms with Gasteiger partial charge in [-0.15, -0.1) is 0 Å². The molecule has 3 heterocycles. The number of hydrogen-bond donors (Lipinski definition) is 1. The maximum Gasteiger partial charge on any atom is 0.238 e. The van der Waals surface area contributed by atoms with E-state index in [1.54, 1.807) is 11.8 Å². The van der Waals surface area contributed by atoms with E-state index in [0.717, 1.165) is 22.6 Å². The molecule has 2 aromatic heterocycles. The number of nitrogens with one attached hydrogen (secondary N) is 1. The van der Waals surface area contributed by atoms with Crippen molar-refractivity contribution in [2.24, 2.45) is 0 Å². The van der Waals surface area contributed by atoms with Gasteiger partial charge in [-0.2, -0.15) is 16.7 Å². The number of fused-ring (bicyclic) bond motifs is 1. The molecule has 0 radical (unpaired) electrons. The van der Waals surface area contributed by atoms with Crippen LogP contribution in [0.5, 0.6) is 0 Å². The van der Waals surface area contributed by atoms with Gasteiger partial charge in [0.15, 0.2) is 11.6 Å². The Bertz CT molecular complexity index is 777. The minimum absolute atomic E-state index is 0.166. The average molecular weight is 300 g/mol. The summed E-state index contributed by atoms with van der Waals surface area (Å²) in [7, 11) is 0. The number of hydrogen-bond acceptors (Lipinski definition) is 6. The Morgan fingerprint density at radius 3 is 3.05 bits per heavy atom. The van der Waals surface area contributed by atoms with E-state index in [9.17, 15) is 4.79 Å². The molecule has 1 aromatic carbocycles. The Kier molecular flexibility index (Phi) is 2.99. The Hall–Kier alpha value is -2.15. The van der Waals surface area contributed by atoms with Gasteiger partial charge in [-0.05, 0) is 12.1 Å². The van der Waals surface area contributed by atoms with Gasteiger partial charge in [0.2, 0.25) is 5.89 Å². The summed E-state index contributed by atoms with van der Waals surface area (Å²) in [6, 6.07) is 7.83. The van der Waals surface area contributed by atoms with Crippen LogP contribution in [0.1, 0.15) is 23.5 Å². The van der Waals surface area contributed by atoms with Gasteiger partial charge < -0.3 is 9.51 Å². The highest BCUT2D eigenvalue weighted by atomic mass is 32.2. The number of nitrogens with zero attached hydrogens (tertiary/aromatic N) is 3. The summed E-state index contributed by atoms with van der Waals surface area (Å²) in [4.78, 5) is 23.7. The molecule has 0 aliphatic carbocycles. The summed E-state index contributed by atoms with van der Waals surface area (Å²) < 4.78 is 5.23. The molecular weight excluding hydrogens is 288 g/mol. The third kappa shape index (κ3) is 2.33. The van der Waals surface area contributed by atoms with Crippen LogP contribution >= 0.6 is 11.8 Å². The quantitative estimate of drug-likeness (QED) is 0.795. The second-order valence-corrected chi connectivity index (χ2v) is 5.99. The number of aromatic nitrogens is 4. The normalized spacial score (nSPS) is 18.7. The van der Waals surface area contributed by atoms with E-state index in [1.807, 2.05) is 24.3 Å². The van der Waals surface area contributed by atoms with Crippen molar-refractivity contribution in [2.45, 2.75) is 12.3 Å². The Labute approximate surface area is 124 Å². The van der Waals surface area contributed by atoms with Crippen molar-refractivity contribution in [1.82, 2.24) is 20.1 Å². The van der Waals surface area contributed by atoms with Crippen LogP contribution in [0.4, 0.5) is 0 Å².